The molecule has 0 aromatic rings. The molecule has 2 unspecified atom stereocenters. The number of ether oxygens (including phenoxy) is 6. The van der Waals surface area contributed by atoms with Crippen LogP contribution in [0.3, 0.4) is 0 Å². The van der Waals surface area contributed by atoms with Crippen molar-refractivity contribution in [3.8, 4) is 0 Å². The number of hydrogen-bond acceptors (Lipinski definition) is 19. The third-order valence-electron chi connectivity index (χ3n) is 8.38. The van der Waals surface area contributed by atoms with Gasteiger partial charge in [-0.3, -0.25) is 34.3 Å². The van der Waals surface area contributed by atoms with Crippen LogP contribution in [0.15, 0.2) is 24.3 Å². The quantitative estimate of drug-likeness (QED) is 0.0538. The molecule has 2 fully saturated rings. The SMILES string of the molecule is CC(C)OC(=O)OCOP(=O)(OCOC(=O)OC(C)C)OC[C@@]1(F)O[C@@H](C2C=CC(=O)NC2=O)[C@](C)(F)[C@@H]1O.C[C@]1(F)[C@H](C2C=CC(=O)NC2=O)O[C@](F)(CO)[C@H]1O. The maximum atomic E-state index is 15.6. The van der Waals surface area contributed by atoms with Gasteiger partial charge in [-0.25, -0.2) is 40.8 Å². The number of rotatable bonds is 14. The fourth-order valence-electron chi connectivity index (χ4n) is 5.56. The lowest BCUT2D eigenvalue weighted by Gasteiger charge is -2.28. The van der Waals surface area contributed by atoms with Crippen LogP contribution >= 0.6 is 7.82 Å². The van der Waals surface area contributed by atoms with E-state index in [1.807, 2.05) is 10.6 Å². The predicted octanol–water partition coefficient (Wildman–Crippen LogP) is 1.13. The number of carbonyl (C=O) groups excluding carboxylic acids is 6. The third-order valence-corrected chi connectivity index (χ3v) is 9.67. The molecule has 4 heterocycles. The molecule has 4 rings (SSSR count). The van der Waals surface area contributed by atoms with Gasteiger partial charge in [0.2, 0.25) is 37.2 Å². The molecule has 0 spiro atoms. The lowest BCUT2D eigenvalue weighted by Crippen LogP contribution is -2.51. The van der Waals surface area contributed by atoms with Crippen LogP contribution in [-0.4, -0.2) is 138 Å². The first-order valence-corrected chi connectivity index (χ1v) is 18.5. The minimum atomic E-state index is -4.99. The highest BCUT2D eigenvalue weighted by Crippen LogP contribution is 2.53. The van der Waals surface area contributed by atoms with E-state index >= 15 is 8.78 Å². The molecule has 0 saturated carbocycles. The van der Waals surface area contributed by atoms with Gasteiger partial charge in [0, 0.05) is 12.2 Å². The number of imide groups is 2. The number of halogens is 4. The number of nitrogens with one attached hydrogen (secondary N) is 2. The molecule has 0 radical (unpaired) electrons. The second-order valence-corrected chi connectivity index (χ2v) is 15.4. The van der Waals surface area contributed by atoms with Crippen LogP contribution < -0.4 is 10.6 Å². The maximum absolute atomic E-state index is 15.6. The molecular formula is C32H43F4N2O19P. The maximum Gasteiger partial charge on any atom is 0.510 e. The average molecular weight is 867 g/mol. The second-order valence-electron chi connectivity index (χ2n) is 13.7. The summed E-state index contributed by atoms with van der Waals surface area (Å²) in [5, 5.41) is 32.6. The van der Waals surface area contributed by atoms with Crippen LogP contribution in [0.5, 0.6) is 0 Å². The summed E-state index contributed by atoms with van der Waals surface area (Å²) in [6, 6.07) is 0. The van der Waals surface area contributed by atoms with E-state index in [-0.39, 0.29) is 0 Å². The smallest absolute Gasteiger partial charge is 0.432 e. The van der Waals surface area contributed by atoms with Gasteiger partial charge in [-0.1, -0.05) is 12.2 Å². The minimum Gasteiger partial charge on any atom is -0.432 e. The van der Waals surface area contributed by atoms with E-state index in [9.17, 15) is 52.3 Å². The number of phosphoric ester groups is 1. The Balaban J connectivity index is 0.000000393. The zero-order valence-electron chi connectivity index (χ0n) is 31.6. The third kappa shape index (κ3) is 11.6. The summed E-state index contributed by atoms with van der Waals surface area (Å²) >= 11 is 0. The Bertz CT molecular complexity index is 1650. The highest BCUT2D eigenvalue weighted by Gasteiger charge is 2.67. The normalized spacial score (nSPS) is 34.7. The van der Waals surface area contributed by atoms with Crippen molar-refractivity contribution in [1.82, 2.24) is 10.6 Å². The summed E-state index contributed by atoms with van der Waals surface area (Å²) in [6.45, 7) is 2.67. The van der Waals surface area contributed by atoms with Gasteiger partial charge in [0.15, 0.2) is 23.5 Å². The molecule has 10 atom stereocenters. The van der Waals surface area contributed by atoms with Gasteiger partial charge in [-0.2, -0.15) is 0 Å². The summed E-state index contributed by atoms with van der Waals surface area (Å²) in [5.74, 6) is -12.5. The van der Waals surface area contributed by atoms with Crippen molar-refractivity contribution in [3.63, 3.8) is 0 Å². The Labute approximate surface area is 326 Å². The van der Waals surface area contributed by atoms with Gasteiger partial charge in [0.25, 0.3) is 11.7 Å². The summed E-state index contributed by atoms with van der Waals surface area (Å²) in [7, 11) is -4.99. The van der Waals surface area contributed by atoms with E-state index in [0.717, 1.165) is 38.2 Å². The van der Waals surface area contributed by atoms with Crippen molar-refractivity contribution in [2.75, 3.05) is 26.8 Å². The van der Waals surface area contributed by atoms with Gasteiger partial charge in [0.05, 0.1) is 24.0 Å². The van der Waals surface area contributed by atoms with E-state index in [1.54, 1.807) is 0 Å². The summed E-state index contributed by atoms with van der Waals surface area (Å²) in [5.41, 5.74) is -5.51. The predicted molar refractivity (Wildman–Crippen MR) is 178 cm³/mol. The van der Waals surface area contributed by atoms with Crippen molar-refractivity contribution in [1.29, 1.82) is 0 Å². The van der Waals surface area contributed by atoms with Crippen LogP contribution in [0.2, 0.25) is 0 Å². The highest BCUT2D eigenvalue weighted by molar-refractivity contribution is 7.48. The molecule has 0 aromatic carbocycles. The summed E-state index contributed by atoms with van der Waals surface area (Å²) < 4.78 is 115. The second kappa shape index (κ2) is 18.9. The minimum absolute atomic E-state index is 0.577. The Morgan fingerprint density at radius 2 is 1.12 bits per heavy atom. The Morgan fingerprint density at radius 3 is 1.47 bits per heavy atom. The highest BCUT2D eigenvalue weighted by atomic mass is 31.2. The van der Waals surface area contributed by atoms with Crippen molar-refractivity contribution < 1.29 is 108 Å². The number of hydrogen-bond donors (Lipinski definition) is 5. The molecule has 4 aliphatic heterocycles. The lowest BCUT2D eigenvalue weighted by atomic mass is 9.85. The molecule has 0 bridgehead atoms. The molecular weight excluding hydrogens is 823 g/mol. The van der Waals surface area contributed by atoms with Gasteiger partial charge < -0.3 is 43.7 Å². The first-order valence-electron chi connectivity index (χ1n) is 17.1. The van der Waals surface area contributed by atoms with Crippen LogP contribution in [0.4, 0.5) is 27.2 Å². The fraction of sp³-hybridized carbons (Fsp3) is 0.688. The Morgan fingerprint density at radius 1 is 0.741 bits per heavy atom. The number of carbonyl (C=O) groups is 6. The number of aliphatic hydroxyl groups excluding tert-OH is 3. The fourth-order valence-corrected chi connectivity index (χ4v) is 6.48. The van der Waals surface area contributed by atoms with Crippen molar-refractivity contribution >= 4 is 43.8 Å². The number of aliphatic hydroxyl groups is 3. The molecule has 328 valence electrons. The van der Waals surface area contributed by atoms with Crippen LogP contribution in [0, 0.1) is 11.8 Å². The lowest BCUT2D eigenvalue weighted by molar-refractivity contribution is -0.200. The standard InChI is InChI=1S/C21H30F2NO14P.C11H13F2NO5/c1-11(2)36-18(28)31-9-34-39(30,35-10-32-19(29)37-12(3)4)33-8-21(23)17(27)20(5,22)15(38-21)13-6-7-14(25)24-16(13)26;1-10(12)7(19-11(13,4-15)9(10)18)5-2-3-6(16)14-8(5)17/h6-7,11-13,15,17,27H,8-10H2,1-5H3,(H,24,25,26);2-3,5,7,9,15,18H,4H2,1H3,(H,14,16,17)/t13?,15-,17-,20-,21+;5?,7-,9-,10-,11+/m00/s1. The van der Waals surface area contributed by atoms with Gasteiger partial charge in [-0.15, -0.1) is 0 Å². The first-order chi connectivity index (χ1) is 26.7. The van der Waals surface area contributed by atoms with E-state index in [4.69, 9.17) is 28.2 Å². The van der Waals surface area contributed by atoms with E-state index < -0.39 is 142 Å². The zero-order valence-corrected chi connectivity index (χ0v) is 32.5. The largest absolute Gasteiger partial charge is 0.510 e. The Kier molecular flexibility index (Phi) is 15.7. The average Bonchev–Trinajstić information content (AvgIpc) is 3.40. The molecule has 4 aliphatic rings. The molecule has 58 heavy (non-hydrogen) atoms. The first kappa shape index (κ1) is 48.3. The van der Waals surface area contributed by atoms with E-state index in [2.05, 4.69) is 18.9 Å². The monoisotopic (exact) mass is 866 g/mol. The van der Waals surface area contributed by atoms with Crippen molar-refractivity contribution in [2.24, 2.45) is 11.8 Å². The van der Waals surface area contributed by atoms with Gasteiger partial charge in [-0.05, 0) is 41.5 Å². The Hall–Kier alpha value is -4.07. The molecule has 5 N–H and O–H groups in total. The van der Waals surface area contributed by atoms with Crippen LogP contribution in [0.25, 0.3) is 0 Å². The van der Waals surface area contributed by atoms with E-state index in [1.165, 1.54) is 27.7 Å². The van der Waals surface area contributed by atoms with Gasteiger partial charge in [0.1, 0.15) is 25.4 Å². The number of phosphoric acid groups is 1. The number of alkyl halides is 4. The van der Waals surface area contributed by atoms with Crippen LogP contribution in [-0.2, 0) is 65.7 Å². The van der Waals surface area contributed by atoms with Crippen molar-refractivity contribution in [2.45, 2.75) is 101 Å². The zero-order chi connectivity index (χ0) is 44.0. The van der Waals surface area contributed by atoms with Crippen molar-refractivity contribution in [3.05, 3.63) is 24.3 Å². The number of amides is 4. The molecule has 0 aliphatic carbocycles. The molecule has 4 amide bonds. The van der Waals surface area contributed by atoms with Crippen LogP contribution in [0.1, 0.15) is 41.5 Å². The summed E-state index contributed by atoms with van der Waals surface area (Å²) in [6.07, 6.45) is -8.12. The molecule has 0 aromatic heterocycles. The molecule has 26 heteroatoms. The topological polar surface area (TPSA) is 287 Å². The van der Waals surface area contributed by atoms with E-state index in [0.29, 0.717) is 0 Å². The molecule has 21 nitrogen and oxygen atoms in total. The molecule has 2 saturated heterocycles. The summed E-state index contributed by atoms with van der Waals surface area (Å²) in [4.78, 5) is 69.0. The van der Waals surface area contributed by atoms with Gasteiger partial charge >= 0.3 is 20.1 Å².